The Labute approximate surface area is 164 Å². The number of Topliss-reactive ketones (excluding diaryl/α,β-unsaturated/α-hetero) is 1. The molecule has 0 aliphatic rings. The van der Waals surface area contributed by atoms with Gasteiger partial charge in [0.1, 0.15) is 17.5 Å². The normalized spacial score (nSPS) is 11.8. The summed E-state index contributed by atoms with van der Waals surface area (Å²) in [7, 11) is 0. The fourth-order valence-electron chi connectivity index (χ4n) is 2.60. The molecular formula is C20H15FN4O2S. The number of halogens is 1. The number of hydrogen-bond acceptors (Lipinski definition) is 6. The minimum Gasteiger partial charge on any atom is -0.401 e. The summed E-state index contributed by atoms with van der Waals surface area (Å²) in [5, 5.41) is 9.74. The van der Waals surface area contributed by atoms with Crippen LogP contribution in [0.4, 0.5) is 4.39 Å². The quantitative estimate of drug-likeness (QED) is 0.309. The van der Waals surface area contributed by atoms with Crippen LogP contribution in [0.15, 0.2) is 69.8 Å². The average Bonchev–Trinajstić information content (AvgIpc) is 2.68. The Morgan fingerprint density at radius 1 is 1.25 bits per heavy atom. The van der Waals surface area contributed by atoms with E-state index in [0.717, 1.165) is 11.8 Å². The molecular weight excluding hydrogens is 379 g/mol. The van der Waals surface area contributed by atoms with E-state index in [9.17, 15) is 14.0 Å². The van der Waals surface area contributed by atoms with Gasteiger partial charge in [-0.3, -0.25) is 14.2 Å². The van der Waals surface area contributed by atoms with Gasteiger partial charge in [0.25, 0.3) is 5.56 Å². The van der Waals surface area contributed by atoms with Gasteiger partial charge in [-0.1, -0.05) is 23.9 Å². The van der Waals surface area contributed by atoms with Crippen molar-refractivity contribution in [1.82, 2.24) is 9.55 Å². The highest BCUT2D eigenvalue weighted by Crippen LogP contribution is 2.22. The van der Waals surface area contributed by atoms with Crippen molar-refractivity contribution in [2.24, 2.45) is 5.73 Å². The number of carbonyl (C=O) groups is 1. The monoisotopic (exact) mass is 394 g/mol. The summed E-state index contributed by atoms with van der Waals surface area (Å²) in [6.07, 6.45) is 0. The van der Waals surface area contributed by atoms with Crippen LogP contribution in [-0.2, 0) is 4.79 Å². The predicted octanol–water partition coefficient (Wildman–Crippen LogP) is 2.94. The van der Waals surface area contributed by atoms with E-state index in [0.29, 0.717) is 16.6 Å². The summed E-state index contributed by atoms with van der Waals surface area (Å²) in [5.74, 6) is -1.01. The second-order valence-electron chi connectivity index (χ2n) is 5.91. The first-order chi connectivity index (χ1) is 13.4. The molecule has 0 radical (unpaired) electrons. The molecule has 0 aliphatic carbocycles. The first-order valence-electron chi connectivity index (χ1n) is 8.22. The molecule has 0 unspecified atom stereocenters. The van der Waals surface area contributed by atoms with Gasteiger partial charge in [0.2, 0.25) is 0 Å². The van der Waals surface area contributed by atoms with Gasteiger partial charge in [-0.15, -0.1) is 0 Å². The van der Waals surface area contributed by atoms with Gasteiger partial charge < -0.3 is 5.73 Å². The van der Waals surface area contributed by atoms with Crippen LogP contribution < -0.4 is 11.3 Å². The highest BCUT2D eigenvalue weighted by Gasteiger charge is 2.17. The summed E-state index contributed by atoms with van der Waals surface area (Å²) in [5.41, 5.74) is 6.15. The van der Waals surface area contributed by atoms with E-state index in [1.54, 1.807) is 30.3 Å². The van der Waals surface area contributed by atoms with Crippen LogP contribution in [0.5, 0.6) is 0 Å². The number of allylic oxidation sites excluding steroid dienone is 2. The Bertz CT molecular complexity index is 1190. The van der Waals surface area contributed by atoms with Crippen LogP contribution in [0.1, 0.15) is 6.92 Å². The van der Waals surface area contributed by atoms with Crippen LogP contribution in [0.3, 0.4) is 0 Å². The Morgan fingerprint density at radius 2 is 1.93 bits per heavy atom. The van der Waals surface area contributed by atoms with Crippen LogP contribution in [0, 0.1) is 17.1 Å². The third-order valence-electron chi connectivity index (χ3n) is 3.95. The molecule has 6 nitrogen and oxygen atoms in total. The third kappa shape index (κ3) is 3.80. The van der Waals surface area contributed by atoms with Crippen molar-refractivity contribution in [1.29, 1.82) is 5.26 Å². The molecule has 2 N–H and O–H groups in total. The lowest BCUT2D eigenvalue weighted by atomic mass is 10.2. The van der Waals surface area contributed by atoms with Gasteiger partial charge in [0.05, 0.1) is 22.3 Å². The van der Waals surface area contributed by atoms with Crippen LogP contribution in [-0.4, -0.2) is 21.1 Å². The van der Waals surface area contributed by atoms with Gasteiger partial charge in [0.15, 0.2) is 10.9 Å². The summed E-state index contributed by atoms with van der Waals surface area (Å²) in [6, 6.07) is 14.0. The maximum absolute atomic E-state index is 13.3. The Kier molecular flexibility index (Phi) is 5.57. The molecule has 0 saturated carbocycles. The van der Waals surface area contributed by atoms with Crippen LogP contribution in [0.2, 0.25) is 0 Å². The van der Waals surface area contributed by atoms with Gasteiger partial charge in [-0.2, -0.15) is 5.26 Å². The van der Waals surface area contributed by atoms with E-state index < -0.39 is 11.6 Å². The maximum atomic E-state index is 13.3. The van der Waals surface area contributed by atoms with Crippen LogP contribution >= 0.6 is 11.8 Å². The number of carbonyl (C=O) groups excluding carboxylic acids is 1. The standard InChI is InChI=1S/C20H15FN4O2S/c1-12(23)16(10-22)18(26)11-28-20-24-17-5-3-2-4-15(17)19(27)25(20)14-8-6-13(21)7-9-14/h2-9H,11,23H2,1H3. The molecule has 8 heteroatoms. The molecule has 0 amide bonds. The predicted molar refractivity (Wildman–Crippen MR) is 106 cm³/mol. The zero-order valence-corrected chi connectivity index (χ0v) is 15.7. The number of rotatable bonds is 5. The molecule has 1 heterocycles. The van der Waals surface area contributed by atoms with E-state index in [4.69, 9.17) is 11.0 Å². The lowest BCUT2D eigenvalue weighted by Crippen LogP contribution is -2.22. The Morgan fingerprint density at radius 3 is 2.57 bits per heavy atom. The third-order valence-corrected chi connectivity index (χ3v) is 4.89. The molecule has 0 bridgehead atoms. The summed E-state index contributed by atoms with van der Waals surface area (Å²) >= 11 is 1.01. The lowest BCUT2D eigenvalue weighted by molar-refractivity contribution is -0.112. The van der Waals surface area contributed by atoms with E-state index in [1.807, 2.05) is 0 Å². The molecule has 0 fully saturated rings. The number of ketones is 1. The molecule has 3 aromatic rings. The molecule has 0 saturated heterocycles. The Hall–Kier alpha value is -3.44. The van der Waals surface area contributed by atoms with Gasteiger partial charge in [-0.05, 0) is 43.3 Å². The number of para-hydroxylation sites is 1. The largest absolute Gasteiger partial charge is 0.401 e. The second kappa shape index (κ2) is 8.06. The van der Waals surface area contributed by atoms with Gasteiger partial charge in [-0.25, -0.2) is 9.37 Å². The summed E-state index contributed by atoms with van der Waals surface area (Å²) in [6.45, 7) is 1.48. The first-order valence-corrected chi connectivity index (χ1v) is 9.21. The Balaban J connectivity index is 2.10. The molecule has 0 aliphatic heterocycles. The SMILES string of the molecule is CC(N)=C(C#N)C(=O)CSc1nc2ccccc2c(=O)n1-c1ccc(F)cc1. The maximum Gasteiger partial charge on any atom is 0.266 e. The smallest absolute Gasteiger partial charge is 0.266 e. The van der Waals surface area contributed by atoms with Gasteiger partial charge in [0, 0.05) is 5.70 Å². The molecule has 2 aromatic carbocycles. The van der Waals surface area contributed by atoms with Crippen LogP contribution in [0.25, 0.3) is 16.6 Å². The van der Waals surface area contributed by atoms with E-state index in [-0.39, 0.29) is 27.7 Å². The van der Waals surface area contributed by atoms with Crippen molar-refractivity contribution >= 4 is 28.4 Å². The number of nitrogens with zero attached hydrogens (tertiary/aromatic N) is 3. The molecule has 0 spiro atoms. The summed E-state index contributed by atoms with van der Waals surface area (Å²) < 4.78 is 14.6. The minimum absolute atomic E-state index is 0.121. The van der Waals surface area contributed by atoms with E-state index in [1.165, 1.54) is 35.8 Å². The first kappa shape index (κ1) is 19.3. The van der Waals surface area contributed by atoms with Gasteiger partial charge >= 0.3 is 0 Å². The number of aromatic nitrogens is 2. The molecule has 0 atom stereocenters. The number of nitriles is 1. The zero-order valence-electron chi connectivity index (χ0n) is 14.8. The van der Waals surface area contributed by atoms with Crippen molar-refractivity contribution in [3.63, 3.8) is 0 Å². The molecule has 1 aromatic heterocycles. The van der Waals surface area contributed by atoms with Crippen molar-refractivity contribution in [3.05, 3.63) is 76.0 Å². The molecule has 140 valence electrons. The number of fused-ring (bicyclic) bond motifs is 1. The summed E-state index contributed by atoms with van der Waals surface area (Å²) in [4.78, 5) is 29.8. The number of nitrogens with two attached hydrogens (primary N) is 1. The lowest BCUT2D eigenvalue weighted by Gasteiger charge is -2.13. The average molecular weight is 394 g/mol. The zero-order chi connectivity index (χ0) is 20.3. The highest BCUT2D eigenvalue weighted by molar-refractivity contribution is 7.99. The number of thioether (sulfide) groups is 1. The van der Waals surface area contributed by atoms with E-state index >= 15 is 0 Å². The molecule has 3 rings (SSSR count). The van der Waals surface area contributed by atoms with Crippen molar-refractivity contribution < 1.29 is 9.18 Å². The van der Waals surface area contributed by atoms with E-state index in [2.05, 4.69) is 4.98 Å². The molecule has 28 heavy (non-hydrogen) atoms. The highest BCUT2D eigenvalue weighted by atomic mass is 32.2. The van der Waals surface area contributed by atoms with Crippen molar-refractivity contribution in [2.75, 3.05) is 5.75 Å². The number of hydrogen-bond donors (Lipinski definition) is 1. The fourth-order valence-corrected chi connectivity index (χ4v) is 3.48. The fraction of sp³-hybridized carbons (Fsp3) is 0.100. The van der Waals surface area contributed by atoms with Crippen molar-refractivity contribution in [2.45, 2.75) is 12.1 Å². The number of benzene rings is 2. The topological polar surface area (TPSA) is 102 Å². The van der Waals surface area contributed by atoms with Crippen molar-refractivity contribution in [3.8, 4) is 11.8 Å². The minimum atomic E-state index is -0.458. The second-order valence-corrected chi connectivity index (χ2v) is 6.85.